The van der Waals surface area contributed by atoms with Crippen molar-refractivity contribution in [2.75, 3.05) is 0 Å². The lowest BCUT2D eigenvalue weighted by Gasteiger charge is -2.24. The van der Waals surface area contributed by atoms with Crippen molar-refractivity contribution in [2.24, 2.45) is 0 Å². The van der Waals surface area contributed by atoms with Crippen molar-refractivity contribution in [3.8, 4) is 0 Å². The van der Waals surface area contributed by atoms with Crippen LogP contribution in [0.1, 0.15) is 29.2 Å². The summed E-state index contributed by atoms with van der Waals surface area (Å²) < 4.78 is 0. The van der Waals surface area contributed by atoms with E-state index in [2.05, 4.69) is 49.4 Å². The van der Waals surface area contributed by atoms with Crippen LogP contribution in [0.15, 0.2) is 42.5 Å². The summed E-state index contributed by atoms with van der Waals surface area (Å²) in [7, 11) is 0. The molecule has 18 heavy (non-hydrogen) atoms. The Hall–Kier alpha value is -1.82. The maximum absolute atomic E-state index is 2.40. The second-order valence-corrected chi connectivity index (χ2v) is 5.22. The first-order chi connectivity index (χ1) is 8.88. The first kappa shape index (κ1) is 10.1. The van der Waals surface area contributed by atoms with Gasteiger partial charge in [0.2, 0.25) is 0 Å². The van der Waals surface area contributed by atoms with Crippen LogP contribution in [0.25, 0.3) is 16.3 Å². The van der Waals surface area contributed by atoms with Gasteiger partial charge in [-0.05, 0) is 57.9 Å². The molecule has 0 spiro atoms. The number of hydrogen-bond acceptors (Lipinski definition) is 0. The summed E-state index contributed by atoms with van der Waals surface area (Å²) in [5.41, 5.74) is 7.51. The molecule has 2 aromatic rings. The van der Waals surface area contributed by atoms with E-state index in [1.54, 1.807) is 5.56 Å². The molecular weight excluding hydrogens is 216 g/mol. The minimum Gasteiger partial charge on any atom is -0.0795 e. The maximum atomic E-state index is 2.40. The zero-order valence-corrected chi connectivity index (χ0v) is 10.7. The van der Waals surface area contributed by atoms with Gasteiger partial charge in [-0.15, -0.1) is 0 Å². The Bertz CT molecular complexity index is 714. The van der Waals surface area contributed by atoms with Crippen molar-refractivity contribution in [3.63, 3.8) is 0 Å². The summed E-state index contributed by atoms with van der Waals surface area (Å²) in [5, 5.41) is 2.93. The van der Waals surface area contributed by atoms with Gasteiger partial charge in [-0.1, -0.05) is 49.4 Å². The van der Waals surface area contributed by atoms with E-state index in [1.807, 2.05) is 0 Å². The quantitative estimate of drug-likeness (QED) is 0.681. The molecule has 0 aromatic heterocycles. The highest BCUT2D eigenvalue weighted by Crippen LogP contribution is 2.39. The zero-order valence-electron chi connectivity index (χ0n) is 10.7. The third kappa shape index (κ3) is 1.21. The van der Waals surface area contributed by atoms with Gasteiger partial charge in [0.1, 0.15) is 0 Å². The van der Waals surface area contributed by atoms with E-state index in [-0.39, 0.29) is 0 Å². The Kier molecular flexibility index (Phi) is 2.02. The van der Waals surface area contributed by atoms with Gasteiger partial charge < -0.3 is 0 Å². The first-order valence-corrected chi connectivity index (χ1v) is 6.82. The minimum atomic E-state index is 1.08. The molecule has 0 saturated heterocycles. The molecule has 2 aliphatic carbocycles. The highest BCUT2D eigenvalue weighted by molar-refractivity contribution is 6.02. The predicted molar refractivity (Wildman–Crippen MR) is 77.9 cm³/mol. The Morgan fingerprint density at radius 3 is 2.83 bits per heavy atom. The summed E-state index contributed by atoms with van der Waals surface area (Å²) in [6.07, 6.45) is 10.3. The van der Waals surface area contributed by atoms with Crippen molar-refractivity contribution in [1.29, 1.82) is 0 Å². The average Bonchev–Trinajstić information content (AvgIpc) is 2.44. The third-order valence-electron chi connectivity index (χ3n) is 4.31. The number of benzene rings is 2. The Labute approximate surface area is 108 Å². The van der Waals surface area contributed by atoms with Crippen molar-refractivity contribution in [3.05, 3.63) is 64.7 Å². The molecule has 0 N–H and O–H groups in total. The predicted octanol–water partition coefficient (Wildman–Crippen LogP) is 4.45. The lowest BCUT2D eigenvalue weighted by molar-refractivity contribution is 1.08. The van der Waals surface area contributed by atoms with E-state index in [0.29, 0.717) is 0 Å². The van der Waals surface area contributed by atoms with Crippen LogP contribution in [-0.2, 0) is 19.3 Å². The summed E-state index contributed by atoms with van der Waals surface area (Å²) in [4.78, 5) is 0. The summed E-state index contributed by atoms with van der Waals surface area (Å²) >= 11 is 0. The Balaban J connectivity index is 2.19. The fourth-order valence-electron chi connectivity index (χ4n) is 3.42. The van der Waals surface area contributed by atoms with Crippen molar-refractivity contribution in [2.45, 2.75) is 26.2 Å². The molecule has 0 radical (unpaired) electrons. The van der Waals surface area contributed by atoms with E-state index in [0.717, 1.165) is 19.3 Å². The van der Waals surface area contributed by atoms with Crippen LogP contribution in [0, 0.1) is 0 Å². The highest BCUT2D eigenvalue weighted by Gasteiger charge is 2.20. The van der Waals surface area contributed by atoms with Crippen molar-refractivity contribution in [1.82, 2.24) is 0 Å². The smallest absolute Gasteiger partial charge is 0.00646 e. The second kappa shape index (κ2) is 3.58. The topological polar surface area (TPSA) is 0 Å². The van der Waals surface area contributed by atoms with Crippen molar-refractivity contribution >= 4 is 16.3 Å². The fourth-order valence-corrected chi connectivity index (χ4v) is 3.42. The minimum absolute atomic E-state index is 1.08. The van der Waals surface area contributed by atoms with Gasteiger partial charge in [-0.2, -0.15) is 0 Å². The third-order valence-corrected chi connectivity index (χ3v) is 4.31. The molecule has 0 fully saturated rings. The van der Waals surface area contributed by atoms with Crippen LogP contribution in [0.3, 0.4) is 0 Å². The molecule has 0 unspecified atom stereocenters. The molecule has 2 aliphatic rings. The van der Waals surface area contributed by atoms with E-state index in [4.69, 9.17) is 0 Å². The van der Waals surface area contributed by atoms with E-state index < -0.39 is 0 Å². The number of aryl methyl sites for hydroxylation is 1. The van der Waals surface area contributed by atoms with Crippen LogP contribution >= 0.6 is 0 Å². The normalized spacial score (nSPS) is 15.9. The molecule has 4 rings (SSSR count). The maximum Gasteiger partial charge on any atom is -0.00646 e. The number of hydrogen-bond donors (Lipinski definition) is 0. The SMILES string of the molecule is CCc1ccc2ccc3c4c2c1CC=C4C=CC3. The molecule has 2 aromatic carbocycles. The monoisotopic (exact) mass is 232 g/mol. The standard InChI is InChI=1S/C18H16/c1-2-12-6-7-15-9-8-13-4-3-5-14-10-11-16(12)18(15)17(13)14/h3,5-10H,2,4,11H2,1H3. The number of allylic oxidation sites excluding steroid dienone is 4. The van der Waals surface area contributed by atoms with Crippen LogP contribution in [0.4, 0.5) is 0 Å². The van der Waals surface area contributed by atoms with Crippen LogP contribution in [0.2, 0.25) is 0 Å². The molecule has 0 heterocycles. The Morgan fingerprint density at radius 2 is 1.94 bits per heavy atom. The van der Waals surface area contributed by atoms with Crippen LogP contribution in [0.5, 0.6) is 0 Å². The molecular formula is C18H16. The van der Waals surface area contributed by atoms with Gasteiger partial charge in [-0.3, -0.25) is 0 Å². The van der Waals surface area contributed by atoms with Gasteiger partial charge >= 0.3 is 0 Å². The molecule has 0 saturated carbocycles. The zero-order chi connectivity index (χ0) is 12.1. The Morgan fingerprint density at radius 1 is 1.06 bits per heavy atom. The van der Waals surface area contributed by atoms with Gasteiger partial charge in [-0.25, -0.2) is 0 Å². The molecule has 0 atom stereocenters. The lowest BCUT2D eigenvalue weighted by Crippen LogP contribution is -2.06. The van der Waals surface area contributed by atoms with Gasteiger partial charge in [0.05, 0.1) is 0 Å². The second-order valence-electron chi connectivity index (χ2n) is 5.22. The van der Waals surface area contributed by atoms with E-state index in [1.165, 1.54) is 33.0 Å². The molecule has 0 amide bonds. The molecule has 0 nitrogen and oxygen atoms in total. The van der Waals surface area contributed by atoms with E-state index >= 15 is 0 Å². The molecule has 0 aliphatic heterocycles. The van der Waals surface area contributed by atoms with E-state index in [9.17, 15) is 0 Å². The number of rotatable bonds is 1. The van der Waals surface area contributed by atoms with Gasteiger partial charge in [0.25, 0.3) is 0 Å². The molecule has 0 bridgehead atoms. The fraction of sp³-hybridized carbons (Fsp3) is 0.222. The largest absolute Gasteiger partial charge is 0.0795 e. The summed E-state index contributed by atoms with van der Waals surface area (Å²) in [6, 6.07) is 9.19. The summed E-state index contributed by atoms with van der Waals surface area (Å²) in [6.45, 7) is 2.26. The van der Waals surface area contributed by atoms with Crippen LogP contribution < -0.4 is 0 Å². The lowest BCUT2D eigenvalue weighted by atomic mass is 9.80. The molecule has 88 valence electrons. The van der Waals surface area contributed by atoms with Crippen LogP contribution in [-0.4, -0.2) is 0 Å². The summed E-state index contributed by atoms with van der Waals surface area (Å²) in [5.74, 6) is 0. The highest BCUT2D eigenvalue weighted by atomic mass is 14.2. The molecule has 0 heteroatoms. The average molecular weight is 232 g/mol. The first-order valence-electron chi connectivity index (χ1n) is 6.82. The van der Waals surface area contributed by atoms with Gasteiger partial charge in [0, 0.05) is 0 Å². The van der Waals surface area contributed by atoms with Gasteiger partial charge in [0.15, 0.2) is 0 Å². The van der Waals surface area contributed by atoms with Crippen molar-refractivity contribution < 1.29 is 0 Å².